The van der Waals surface area contributed by atoms with E-state index in [1.807, 2.05) is 0 Å². The summed E-state index contributed by atoms with van der Waals surface area (Å²) in [5.41, 5.74) is 0. The molecule has 1 aromatic rings. The van der Waals surface area contributed by atoms with Gasteiger partial charge < -0.3 is 15.4 Å². The van der Waals surface area contributed by atoms with Gasteiger partial charge in [0.2, 0.25) is 5.91 Å². The SMILES string of the molecule is CC(CNC(=O)C1CNCCO1)Cc1cccs1. The van der Waals surface area contributed by atoms with E-state index in [9.17, 15) is 4.79 Å². The lowest BCUT2D eigenvalue weighted by Gasteiger charge is -2.23. The average Bonchev–Trinajstić information content (AvgIpc) is 2.90. The molecular weight excluding hydrogens is 248 g/mol. The fourth-order valence-corrected chi connectivity index (χ4v) is 2.84. The minimum atomic E-state index is -0.326. The van der Waals surface area contributed by atoms with Gasteiger partial charge >= 0.3 is 0 Å². The normalized spacial score (nSPS) is 21.5. The zero-order valence-corrected chi connectivity index (χ0v) is 11.5. The van der Waals surface area contributed by atoms with E-state index in [1.54, 1.807) is 11.3 Å². The number of hydrogen-bond acceptors (Lipinski definition) is 4. The molecule has 0 bridgehead atoms. The molecule has 0 spiro atoms. The zero-order chi connectivity index (χ0) is 12.8. The first-order valence-corrected chi connectivity index (χ1v) is 7.26. The van der Waals surface area contributed by atoms with Gasteiger partial charge in [-0.15, -0.1) is 11.3 Å². The lowest BCUT2D eigenvalue weighted by atomic mass is 10.1. The summed E-state index contributed by atoms with van der Waals surface area (Å²) in [5, 5.41) is 8.21. The average molecular weight is 268 g/mol. The molecule has 1 amide bonds. The Bertz CT molecular complexity index is 361. The van der Waals surface area contributed by atoms with Crippen LogP contribution in [0.5, 0.6) is 0 Å². The quantitative estimate of drug-likeness (QED) is 0.838. The number of nitrogens with one attached hydrogen (secondary N) is 2. The minimum absolute atomic E-state index is 0.000213. The Morgan fingerprint density at radius 3 is 3.28 bits per heavy atom. The monoisotopic (exact) mass is 268 g/mol. The van der Waals surface area contributed by atoms with Crippen molar-refractivity contribution in [1.82, 2.24) is 10.6 Å². The van der Waals surface area contributed by atoms with Crippen LogP contribution >= 0.6 is 11.3 Å². The summed E-state index contributed by atoms with van der Waals surface area (Å²) in [7, 11) is 0. The molecule has 2 unspecified atom stereocenters. The number of hydrogen-bond donors (Lipinski definition) is 2. The molecule has 1 saturated heterocycles. The first-order valence-electron chi connectivity index (χ1n) is 6.38. The van der Waals surface area contributed by atoms with Gasteiger partial charge in [-0.2, -0.15) is 0 Å². The van der Waals surface area contributed by atoms with Crippen molar-refractivity contribution in [2.45, 2.75) is 19.4 Å². The Morgan fingerprint density at radius 2 is 2.61 bits per heavy atom. The zero-order valence-electron chi connectivity index (χ0n) is 10.6. The van der Waals surface area contributed by atoms with E-state index in [1.165, 1.54) is 4.88 Å². The number of morpholine rings is 1. The molecular formula is C13H20N2O2S. The van der Waals surface area contributed by atoms with Crippen molar-refractivity contribution in [3.8, 4) is 0 Å². The highest BCUT2D eigenvalue weighted by molar-refractivity contribution is 7.09. The van der Waals surface area contributed by atoms with E-state index >= 15 is 0 Å². The molecule has 0 saturated carbocycles. The van der Waals surface area contributed by atoms with Crippen molar-refractivity contribution in [3.05, 3.63) is 22.4 Å². The Labute approximate surface area is 112 Å². The third kappa shape index (κ3) is 4.08. The molecule has 0 aliphatic carbocycles. The topological polar surface area (TPSA) is 50.4 Å². The van der Waals surface area contributed by atoms with E-state index in [2.05, 4.69) is 35.1 Å². The Balaban J connectivity index is 1.68. The molecule has 1 aliphatic heterocycles. The predicted molar refractivity (Wildman–Crippen MR) is 72.8 cm³/mol. The second-order valence-electron chi connectivity index (χ2n) is 4.70. The number of rotatable bonds is 5. The van der Waals surface area contributed by atoms with Crippen LogP contribution in [0, 0.1) is 5.92 Å². The summed E-state index contributed by atoms with van der Waals surface area (Å²) in [4.78, 5) is 13.2. The van der Waals surface area contributed by atoms with Gasteiger partial charge in [0.25, 0.3) is 0 Å². The highest BCUT2D eigenvalue weighted by Crippen LogP contribution is 2.13. The van der Waals surface area contributed by atoms with Crippen molar-refractivity contribution in [2.75, 3.05) is 26.2 Å². The maximum Gasteiger partial charge on any atom is 0.250 e. The van der Waals surface area contributed by atoms with Crippen LogP contribution in [-0.2, 0) is 16.0 Å². The number of carbonyl (C=O) groups excluding carboxylic acids is 1. The van der Waals surface area contributed by atoms with E-state index in [4.69, 9.17) is 4.74 Å². The van der Waals surface area contributed by atoms with Crippen molar-refractivity contribution in [1.29, 1.82) is 0 Å². The van der Waals surface area contributed by atoms with Crippen LogP contribution in [0.1, 0.15) is 11.8 Å². The summed E-state index contributed by atoms with van der Waals surface area (Å²) in [6.07, 6.45) is 0.689. The molecule has 1 aromatic heterocycles. The molecule has 0 aromatic carbocycles. The first kappa shape index (κ1) is 13.5. The van der Waals surface area contributed by atoms with Gasteiger partial charge in [-0.3, -0.25) is 4.79 Å². The number of amides is 1. The van der Waals surface area contributed by atoms with Gasteiger partial charge in [0.1, 0.15) is 6.10 Å². The second-order valence-corrected chi connectivity index (χ2v) is 5.73. The van der Waals surface area contributed by atoms with E-state index in [0.29, 0.717) is 25.6 Å². The van der Waals surface area contributed by atoms with Crippen molar-refractivity contribution in [3.63, 3.8) is 0 Å². The first-order chi connectivity index (χ1) is 8.75. The summed E-state index contributed by atoms with van der Waals surface area (Å²) in [6, 6.07) is 4.20. The molecule has 0 radical (unpaired) electrons. The molecule has 4 nitrogen and oxygen atoms in total. The van der Waals surface area contributed by atoms with Gasteiger partial charge in [-0.1, -0.05) is 13.0 Å². The van der Waals surface area contributed by atoms with Crippen LogP contribution < -0.4 is 10.6 Å². The molecule has 2 atom stereocenters. The summed E-state index contributed by atoms with van der Waals surface area (Å²) < 4.78 is 5.41. The number of thiophene rings is 1. The lowest BCUT2D eigenvalue weighted by Crippen LogP contribution is -2.48. The van der Waals surface area contributed by atoms with Crippen LogP contribution in [0.15, 0.2) is 17.5 Å². The predicted octanol–water partition coefficient (Wildman–Crippen LogP) is 1.03. The smallest absolute Gasteiger partial charge is 0.250 e. The summed E-state index contributed by atoms with van der Waals surface area (Å²) in [5.74, 6) is 0.448. The van der Waals surface area contributed by atoms with Crippen LogP contribution in [-0.4, -0.2) is 38.3 Å². The Morgan fingerprint density at radius 1 is 1.72 bits per heavy atom. The molecule has 2 rings (SSSR count). The van der Waals surface area contributed by atoms with Gasteiger partial charge in [0.15, 0.2) is 0 Å². The highest BCUT2D eigenvalue weighted by atomic mass is 32.1. The maximum absolute atomic E-state index is 11.8. The van der Waals surface area contributed by atoms with Crippen molar-refractivity contribution >= 4 is 17.2 Å². The van der Waals surface area contributed by atoms with Gasteiger partial charge in [-0.25, -0.2) is 0 Å². The Hall–Kier alpha value is -0.910. The molecule has 1 aliphatic rings. The molecule has 2 N–H and O–H groups in total. The van der Waals surface area contributed by atoms with Gasteiger partial charge in [-0.05, 0) is 23.8 Å². The third-order valence-corrected chi connectivity index (χ3v) is 3.87. The maximum atomic E-state index is 11.8. The molecule has 100 valence electrons. The van der Waals surface area contributed by atoms with Gasteiger partial charge in [0, 0.05) is 24.5 Å². The summed E-state index contributed by atoms with van der Waals surface area (Å²) in [6.45, 7) is 4.92. The number of ether oxygens (including phenoxy) is 1. The van der Waals surface area contributed by atoms with Crippen LogP contribution in [0.25, 0.3) is 0 Å². The molecule has 2 heterocycles. The fourth-order valence-electron chi connectivity index (χ4n) is 1.97. The molecule has 18 heavy (non-hydrogen) atoms. The molecule has 1 fully saturated rings. The number of carbonyl (C=O) groups is 1. The van der Waals surface area contributed by atoms with E-state index in [0.717, 1.165) is 13.0 Å². The van der Waals surface area contributed by atoms with E-state index in [-0.39, 0.29) is 12.0 Å². The largest absolute Gasteiger partial charge is 0.366 e. The lowest BCUT2D eigenvalue weighted by molar-refractivity contribution is -0.134. The Kier molecular flexibility index (Phi) is 5.16. The van der Waals surface area contributed by atoms with Crippen LogP contribution in [0.3, 0.4) is 0 Å². The second kappa shape index (κ2) is 6.87. The van der Waals surface area contributed by atoms with Gasteiger partial charge in [0.05, 0.1) is 6.61 Å². The van der Waals surface area contributed by atoms with E-state index < -0.39 is 0 Å². The summed E-state index contributed by atoms with van der Waals surface area (Å²) >= 11 is 1.77. The van der Waals surface area contributed by atoms with Crippen molar-refractivity contribution in [2.24, 2.45) is 5.92 Å². The van der Waals surface area contributed by atoms with Crippen LogP contribution in [0.2, 0.25) is 0 Å². The standard InChI is InChI=1S/C13H20N2O2S/c1-10(7-11-3-2-6-18-11)8-15-13(16)12-9-14-4-5-17-12/h2-3,6,10,12,14H,4-5,7-9H2,1H3,(H,15,16). The fraction of sp³-hybridized carbons (Fsp3) is 0.615. The molecule has 5 heteroatoms. The minimum Gasteiger partial charge on any atom is -0.366 e. The van der Waals surface area contributed by atoms with Crippen LogP contribution in [0.4, 0.5) is 0 Å². The van der Waals surface area contributed by atoms with Crippen molar-refractivity contribution < 1.29 is 9.53 Å². The third-order valence-electron chi connectivity index (χ3n) is 2.97. The highest BCUT2D eigenvalue weighted by Gasteiger charge is 2.21.